The van der Waals surface area contributed by atoms with Crippen molar-refractivity contribution in [2.45, 2.75) is 19.6 Å². The second kappa shape index (κ2) is 8.88. The molecule has 0 bridgehead atoms. The first kappa shape index (κ1) is 20.6. The van der Waals surface area contributed by atoms with Crippen LogP contribution in [0.4, 0.5) is 0 Å². The number of hydrogen-bond donors (Lipinski definition) is 0. The Labute approximate surface area is 183 Å². The second-order valence-electron chi connectivity index (χ2n) is 7.05. The maximum atomic E-state index is 6.49. The van der Waals surface area contributed by atoms with E-state index in [4.69, 9.17) is 4.74 Å². The average Bonchev–Trinajstić information content (AvgIpc) is 2.96. The number of para-hydroxylation sites is 2. The lowest BCUT2D eigenvalue weighted by atomic mass is 10.1. The summed E-state index contributed by atoms with van der Waals surface area (Å²) in [6.45, 7) is 2.68. The fourth-order valence-electron chi connectivity index (χ4n) is 3.67. The van der Waals surface area contributed by atoms with Gasteiger partial charge in [0.2, 0.25) is 0 Å². The van der Waals surface area contributed by atoms with Crippen LogP contribution in [-0.4, -0.2) is 4.57 Å². The summed E-state index contributed by atoms with van der Waals surface area (Å²) in [6, 6.07) is 27.5. The van der Waals surface area contributed by atoms with E-state index in [1.165, 1.54) is 22.2 Å². The molecule has 0 saturated heterocycles. The van der Waals surface area contributed by atoms with Crippen molar-refractivity contribution in [1.82, 2.24) is 4.57 Å². The molecule has 0 aliphatic rings. The Bertz CT molecular complexity index is 1020. The Morgan fingerprint density at radius 3 is 2.21 bits per heavy atom. The maximum Gasteiger partial charge on any atom is 0.291 e. The summed E-state index contributed by atoms with van der Waals surface area (Å²) in [4.78, 5) is 0. The molecule has 1 atom stereocenters. The highest BCUT2D eigenvalue weighted by molar-refractivity contribution is 5.72. The molecular weight excluding hydrogens is 459 g/mol. The van der Waals surface area contributed by atoms with Crippen LogP contribution in [0.5, 0.6) is 0 Å². The molecule has 0 spiro atoms. The Hall–Kier alpha value is -2.18. The summed E-state index contributed by atoms with van der Waals surface area (Å²) in [5.74, 6) is 1.14. The zero-order valence-corrected chi connectivity index (χ0v) is 18.6. The highest BCUT2D eigenvalue weighted by Gasteiger charge is 2.30. The fourth-order valence-corrected chi connectivity index (χ4v) is 3.67. The third-order valence-electron chi connectivity index (χ3n) is 5.17. The number of aromatic nitrogens is 2. The van der Waals surface area contributed by atoms with E-state index >= 15 is 0 Å². The molecule has 1 heterocycles. The predicted octanol–water partition coefficient (Wildman–Crippen LogP) is 1.62. The smallest absolute Gasteiger partial charge is 0.291 e. The van der Waals surface area contributed by atoms with Crippen molar-refractivity contribution < 1.29 is 33.3 Å². The number of ether oxygens (including phenoxy) is 1. The van der Waals surface area contributed by atoms with E-state index in [-0.39, 0.29) is 30.1 Å². The summed E-state index contributed by atoms with van der Waals surface area (Å²) >= 11 is 0. The van der Waals surface area contributed by atoms with E-state index in [1.807, 2.05) is 6.07 Å². The first-order valence-corrected chi connectivity index (χ1v) is 9.30. The van der Waals surface area contributed by atoms with Crippen LogP contribution in [0.15, 0.2) is 78.9 Å². The Kier molecular flexibility index (Phi) is 6.52. The molecule has 0 fully saturated rings. The molecule has 4 rings (SSSR count). The minimum Gasteiger partial charge on any atom is -1.00 e. The highest BCUT2D eigenvalue weighted by Crippen LogP contribution is 2.28. The monoisotopic (exact) mass is 484 g/mol. The molecule has 3 aromatic carbocycles. The number of rotatable bonds is 5. The highest BCUT2D eigenvalue weighted by atomic mass is 127. The van der Waals surface area contributed by atoms with Crippen LogP contribution >= 0.6 is 0 Å². The van der Waals surface area contributed by atoms with Crippen LogP contribution in [0.2, 0.25) is 0 Å². The minimum atomic E-state index is -0.145. The van der Waals surface area contributed by atoms with Crippen LogP contribution in [0.3, 0.4) is 0 Å². The van der Waals surface area contributed by atoms with Gasteiger partial charge in [0, 0.05) is 0 Å². The van der Waals surface area contributed by atoms with E-state index in [2.05, 4.69) is 103 Å². The first-order valence-electron chi connectivity index (χ1n) is 9.30. The molecular formula is C24H25IN2O. The Balaban J connectivity index is 0.00000225. The van der Waals surface area contributed by atoms with Gasteiger partial charge in [-0.1, -0.05) is 72.3 Å². The third kappa shape index (κ3) is 3.98. The van der Waals surface area contributed by atoms with Crippen LogP contribution in [0.1, 0.15) is 28.6 Å². The minimum absolute atomic E-state index is 0. The lowest BCUT2D eigenvalue weighted by Gasteiger charge is -2.16. The van der Waals surface area contributed by atoms with Gasteiger partial charge in [0.15, 0.2) is 17.1 Å². The molecule has 0 radical (unpaired) electrons. The van der Waals surface area contributed by atoms with E-state index in [9.17, 15) is 0 Å². The number of imidazole rings is 1. The molecule has 0 aliphatic heterocycles. The van der Waals surface area contributed by atoms with Gasteiger partial charge in [-0.3, -0.25) is 0 Å². The lowest BCUT2D eigenvalue weighted by Crippen LogP contribution is -3.00. The number of benzene rings is 3. The number of fused-ring (bicyclic) bond motifs is 1. The van der Waals surface area contributed by atoms with Gasteiger partial charge in [0.1, 0.15) is 0 Å². The first-order chi connectivity index (χ1) is 13.1. The topological polar surface area (TPSA) is 18.0 Å². The van der Waals surface area contributed by atoms with E-state index in [1.54, 1.807) is 0 Å². The van der Waals surface area contributed by atoms with Crippen molar-refractivity contribution in [3.05, 3.63) is 101 Å². The van der Waals surface area contributed by atoms with Crippen LogP contribution in [0, 0.1) is 6.92 Å². The summed E-state index contributed by atoms with van der Waals surface area (Å²) in [5, 5.41) is 0. The predicted molar refractivity (Wildman–Crippen MR) is 108 cm³/mol. The SMILES string of the molecule is Cc1ccc(C(OCc2ccccc2)c2n(C)c3ccccc3[n+]2C)cc1.[I-]. The molecule has 3 nitrogen and oxygen atoms in total. The van der Waals surface area contributed by atoms with Crippen molar-refractivity contribution in [2.75, 3.05) is 0 Å². The van der Waals surface area contributed by atoms with Gasteiger partial charge in [-0.2, -0.15) is 0 Å². The number of nitrogens with zero attached hydrogens (tertiary/aromatic N) is 2. The largest absolute Gasteiger partial charge is 1.00 e. The molecule has 28 heavy (non-hydrogen) atoms. The molecule has 0 amide bonds. The normalized spacial score (nSPS) is 12.0. The van der Waals surface area contributed by atoms with Crippen molar-refractivity contribution in [1.29, 1.82) is 0 Å². The van der Waals surface area contributed by atoms with Crippen LogP contribution in [0.25, 0.3) is 11.0 Å². The summed E-state index contributed by atoms with van der Waals surface area (Å²) in [7, 11) is 4.23. The molecule has 0 saturated carbocycles. The summed E-state index contributed by atoms with van der Waals surface area (Å²) in [5.41, 5.74) is 6.00. The summed E-state index contributed by atoms with van der Waals surface area (Å²) in [6.07, 6.45) is -0.145. The number of halogens is 1. The van der Waals surface area contributed by atoms with E-state index < -0.39 is 0 Å². The second-order valence-corrected chi connectivity index (χ2v) is 7.05. The molecule has 0 aliphatic carbocycles. The van der Waals surface area contributed by atoms with E-state index in [0.717, 1.165) is 11.4 Å². The molecule has 1 aromatic heterocycles. The van der Waals surface area contributed by atoms with Gasteiger partial charge in [-0.15, -0.1) is 0 Å². The Morgan fingerprint density at radius 2 is 1.54 bits per heavy atom. The third-order valence-corrected chi connectivity index (χ3v) is 5.17. The fraction of sp³-hybridized carbons (Fsp3) is 0.208. The van der Waals surface area contributed by atoms with Crippen LogP contribution < -0.4 is 28.5 Å². The van der Waals surface area contributed by atoms with Gasteiger partial charge >= 0.3 is 0 Å². The number of hydrogen-bond acceptors (Lipinski definition) is 1. The average molecular weight is 484 g/mol. The van der Waals surface area contributed by atoms with Gasteiger partial charge in [-0.25, -0.2) is 9.13 Å². The van der Waals surface area contributed by atoms with Gasteiger partial charge in [-0.05, 0) is 30.2 Å². The van der Waals surface area contributed by atoms with Crippen molar-refractivity contribution >= 4 is 11.0 Å². The van der Waals surface area contributed by atoms with Crippen molar-refractivity contribution in [3.8, 4) is 0 Å². The zero-order valence-electron chi connectivity index (χ0n) is 16.5. The zero-order chi connectivity index (χ0) is 18.8. The van der Waals surface area contributed by atoms with Gasteiger partial charge in [0.05, 0.1) is 20.7 Å². The molecule has 1 unspecified atom stereocenters. The molecule has 144 valence electrons. The van der Waals surface area contributed by atoms with Gasteiger partial charge < -0.3 is 28.7 Å². The van der Waals surface area contributed by atoms with Crippen molar-refractivity contribution in [3.63, 3.8) is 0 Å². The van der Waals surface area contributed by atoms with Gasteiger partial charge in [0.25, 0.3) is 5.82 Å². The molecule has 4 heteroatoms. The maximum absolute atomic E-state index is 6.49. The van der Waals surface area contributed by atoms with Crippen LogP contribution in [-0.2, 0) is 25.4 Å². The quantitative estimate of drug-likeness (QED) is 0.311. The van der Waals surface area contributed by atoms with E-state index in [0.29, 0.717) is 6.61 Å². The van der Waals surface area contributed by atoms with Crippen molar-refractivity contribution in [2.24, 2.45) is 14.1 Å². The standard InChI is InChI=1S/C24H25N2O.HI/c1-18-13-15-20(16-14-18)23(27-17-19-9-5-4-6-10-19)24-25(2)21-11-7-8-12-22(21)26(24)3;/h4-16,23H,17H2,1-3H3;1H/q+1;/p-1. The molecule has 4 aromatic rings. The lowest BCUT2D eigenvalue weighted by molar-refractivity contribution is -0.657. The Morgan fingerprint density at radius 1 is 0.893 bits per heavy atom. The number of aryl methyl sites for hydroxylation is 3. The summed E-state index contributed by atoms with van der Waals surface area (Å²) < 4.78 is 11.0. The molecule has 0 N–H and O–H groups in total.